The second kappa shape index (κ2) is 6.65. The zero-order chi connectivity index (χ0) is 18.1. The molecule has 0 unspecified atom stereocenters. The van der Waals surface area contributed by atoms with E-state index in [0.717, 1.165) is 10.9 Å². The summed E-state index contributed by atoms with van der Waals surface area (Å²) in [7, 11) is 0. The molecule has 1 N–H and O–H groups in total. The highest BCUT2D eigenvalue weighted by atomic mass is 35.5. The molecule has 2 bridgehead atoms. The highest BCUT2D eigenvalue weighted by Crippen LogP contribution is 2.33. The Morgan fingerprint density at radius 1 is 1.27 bits per heavy atom. The molecule has 7 nitrogen and oxygen atoms in total. The van der Waals surface area contributed by atoms with E-state index in [1.165, 1.54) is 0 Å². The molecule has 130 valence electrons. The quantitative estimate of drug-likeness (QED) is 0.608. The monoisotopic (exact) mass is 367 g/mol. The van der Waals surface area contributed by atoms with Crippen LogP contribution in [0.4, 0.5) is 5.82 Å². The minimum Gasteiger partial charge on any atom is -0.488 e. The molecule has 0 saturated heterocycles. The molecule has 1 aliphatic rings. The fourth-order valence-electron chi connectivity index (χ4n) is 2.86. The highest BCUT2D eigenvalue weighted by molar-refractivity contribution is 6.30. The van der Waals surface area contributed by atoms with Gasteiger partial charge in [0.15, 0.2) is 0 Å². The van der Waals surface area contributed by atoms with Gasteiger partial charge in [0, 0.05) is 10.9 Å². The number of anilines is 1. The van der Waals surface area contributed by atoms with Gasteiger partial charge in [-0.25, -0.2) is 4.98 Å². The number of halogens is 1. The van der Waals surface area contributed by atoms with E-state index in [-0.39, 0.29) is 25.3 Å². The number of pyridine rings is 1. The van der Waals surface area contributed by atoms with Gasteiger partial charge in [-0.15, -0.1) is 0 Å². The summed E-state index contributed by atoms with van der Waals surface area (Å²) in [4.78, 5) is 12.9. The number of nitrogens with zero attached hydrogens (tertiary/aromatic N) is 4. The van der Waals surface area contributed by atoms with Gasteiger partial charge in [0.25, 0.3) is 0 Å². The van der Waals surface area contributed by atoms with Crippen LogP contribution in [0.15, 0.2) is 30.5 Å². The smallest absolute Gasteiger partial charge is 0.319 e. The zero-order valence-corrected chi connectivity index (χ0v) is 14.6. The number of nitrogens with one attached hydrogen (secondary N) is 1. The maximum Gasteiger partial charge on any atom is 0.319 e. The molecule has 26 heavy (non-hydrogen) atoms. The molecule has 3 heterocycles. The van der Waals surface area contributed by atoms with Gasteiger partial charge in [0.1, 0.15) is 36.0 Å². The number of nitriles is 1. The lowest BCUT2D eigenvalue weighted by atomic mass is 10.0. The molecule has 0 saturated carbocycles. The van der Waals surface area contributed by atoms with Crippen LogP contribution in [-0.4, -0.2) is 28.2 Å². The average molecular weight is 368 g/mol. The molecule has 0 radical (unpaired) electrons. The first-order chi connectivity index (χ1) is 12.7. The first-order valence-corrected chi connectivity index (χ1v) is 8.42. The molecule has 4 rings (SSSR count). The standard InChI is InChI=1S/C18H14ClN5O2/c1-10-12-4-2-3-11(8-20)16(12)25-5-6-26-18-23-14-9-21-15(19)7-13(14)17(22-10)24-18/h2-4,7,9-10H,5-6H2,1H3,(H,22,23,24)/t10-/m1/s1. The molecule has 0 amide bonds. The number of rotatable bonds is 0. The Bertz CT molecular complexity index is 1030. The lowest BCUT2D eigenvalue weighted by molar-refractivity contribution is 0.205. The molecular weight excluding hydrogens is 354 g/mol. The Hall–Kier alpha value is -3.11. The maximum absolute atomic E-state index is 9.39. The number of benzene rings is 1. The lowest BCUT2D eigenvalue weighted by Gasteiger charge is -2.19. The first-order valence-electron chi connectivity index (χ1n) is 8.04. The van der Waals surface area contributed by atoms with Crippen molar-refractivity contribution in [1.29, 1.82) is 5.26 Å². The molecule has 3 aromatic rings. The van der Waals surface area contributed by atoms with Crippen LogP contribution in [0.1, 0.15) is 24.1 Å². The van der Waals surface area contributed by atoms with E-state index in [2.05, 4.69) is 26.3 Å². The van der Waals surface area contributed by atoms with Crippen LogP contribution < -0.4 is 14.8 Å². The summed E-state index contributed by atoms with van der Waals surface area (Å²) in [6.07, 6.45) is 1.58. The van der Waals surface area contributed by atoms with Gasteiger partial charge in [-0.1, -0.05) is 23.7 Å². The van der Waals surface area contributed by atoms with Crippen molar-refractivity contribution >= 4 is 28.3 Å². The van der Waals surface area contributed by atoms with Gasteiger partial charge in [0.05, 0.1) is 23.3 Å². The molecule has 1 aliphatic heterocycles. The van der Waals surface area contributed by atoms with Crippen molar-refractivity contribution in [3.8, 4) is 17.8 Å². The minimum atomic E-state index is -0.172. The molecule has 1 aromatic carbocycles. The minimum absolute atomic E-state index is 0.172. The Balaban J connectivity index is 1.86. The predicted octanol–water partition coefficient (Wildman–Crippen LogP) is 3.49. The molecule has 0 spiro atoms. The third-order valence-corrected chi connectivity index (χ3v) is 4.28. The summed E-state index contributed by atoms with van der Waals surface area (Å²) in [5.41, 5.74) is 1.96. The van der Waals surface area contributed by atoms with E-state index < -0.39 is 0 Å². The van der Waals surface area contributed by atoms with Crippen molar-refractivity contribution in [2.75, 3.05) is 18.5 Å². The number of aromatic nitrogens is 3. The second-order valence-electron chi connectivity index (χ2n) is 5.78. The number of fused-ring (bicyclic) bond motifs is 5. The Morgan fingerprint density at radius 3 is 2.96 bits per heavy atom. The van der Waals surface area contributed by atoms with Gasteiger partial charge in [0.2, 0.25) is 0 Å². The third kappa shape index (κ3) is 2.95. The average Bonchev–Trinajstić information content (AvgIpc) is 2.67. The van der Waals surface area contributed by atoms with Gasteiger partial charge in [-0.2, -0.15) is 15.2 Å². The number of ether oxygens (including phenoxy) is 2. The predicted molar refractivity (Wildman–Crippen MR) is 96.5 cm³/mol. The Kier molecular flexibility index (Phi) is 4.19. The summed E-state index contributed by atoms with van der Waals surface area (Å²) >= 11 is 6.04. The van der Waals surface area contributed by atoms with Gasteiger partial charge in [-0.3, -0.25) is 0 Å². The topological polar surface area (TPSA) is 93.0 Å². The summed E-state index contributed by atoms with van der Waals surface area (Å²) in [5, 5.41) is 13.8. The van der Waals surface area contributed by atoms with Crippen LogP contribution in [0.3, 0.4) is 0 Å². The second-order valence-corrected chi connectivity index (χ2v) is 6.16. The van der Waals surface area contributed by atoms with Gasteiger partial charge in [-0.05, 0) is 19.1 Å². The lowest BCUT2D eigenvalue weighted by Crippen LogP contribution is -2.12. The van der Waals surface area contributed by atoms with Crippen molar-refractivity contribution in [2.45, 2.75) is 13.0 Å². The van der Waals surface area contributed by atoms with Crippen LogP contribution >= 0.6 is 11.6 Å². The van der Waals surface area contributed by atoms with Crippen LogP contribution in [0.25, 0.3) is 10.9 Å². The van der Waals surface area contributed by atoms with E-state index in [1.54, 1.807) is 18.3 Å². The van der Waals surface area contributed by atoms with Crippen LogP contribution in [0, 0.1) is 11.3 Å². The van der Waals surface area contributed by atoms with Crippen molar-refractivity contribution in [3.63, 3.8) is 0 Å². The normalized spacial score (nSPS) is 16.3. The Morgan fingerprint density at radius 2 is 2.12 bits per heavy atom. The van der Waals surface area contributed by atoms with Crippen molar-refractivity contribution in [1.82, 2.24) is 15.0 Å². The highest BCUT2D eigenvalue weighted by Gasteiger charge is 2.19. The number of hydrogen-bond donors (Lipinski definition) is 1. The van der Waals surface area contributed by atoms with Crippen LogP contribution in [0.5, 0.6) is 11.8 Å². The fourth-order valence-corrected chi connectivity index (χ4v) is 3.02. The SMILES string of the molecule is C[C@H]1Nc2nc(nc3cnc(Cl)cc23)OCCOc2c(C#N)cccc21. The van der Waals surface area contributed by atoms with E-state index >= 15 is 0 Å². The van der Waals surface area contributed by atoms with Crippen LogP contribution in [0.2, 0.25) is 5.15 Å². The Labute approximate surface area is 154 Å². The largest absolute Gasteiger partial charge is 0.488 e. The van der Waals surface area contributed by atoms with E-state index in [9.17, 15) is 5.26 Å². The van der Waals surface area contributed by atoms with Crippen molar-refractivity contribution < 1.29 is 9.47 Å². The molecule has 0 aliphatic carbocycles. The zero-order valence-electron chi connectivity index (χ0n) is 13.9. The number of para-hydroxylation sites is 1. The van der Waals surface area contributed by atoms with E-state index in [4.69, 9.17) is 21.1 Å². The molecular formula is C18H14ClN5O2. The van der Waals surface area contributed by atoms with Gasteiger partial charge < -0.3 is 14.8 Å². The van der Waals surface area contributed by atoms with E-state index in [0.29, 0.717) is 27.8 Å². The third-order valence-electron chi connectivity index (χ3n) is 4.07. The molecule has 8 heteroatoms. The summed E-state index contributed by atoms with van der Waals surface area (Å²) in [6.45, 7) is 2.49. The molecule has 0 fully saturated rings. The summed E-state index contributed by atoms with van der Waals surface area (Å²) in [5.74, 6) is 1.13. The van der Waals surface area contributed by atoms with Crippen LogP contribution in [-0.2, 0) is 0 Å². The summed E-state index contributed by atoms with van der Waals surface area (Å²) in [6, 6.07) is 9.42. The van der Waals surface area contributed by atoms with Crippen molar-refractivity contribution in [2.24, 2.45) is 0 Å². The molecule has 1 atom stereocenters. The number of hydrogen-bond acceptors (Lipinski definition) is 7. The maximum atomic E-state index is 9.39. The molecule has 2 aromatic heterocycles. The van der Waals surface area contributed by atoms with E-state index in [1.807, 2.05) is 19.1 Å². The fraction of sp³-hybridized carbons (Fsp3) is 0.222. The summed E-state index contributed by atoms with van der Waals surface area (Å²) < 4.78 is 11.4. The van der Waals surface area contributed by atoms with Crippen molar-refractivity contribution in [3.05, 3.63) is 46.7 Å². The van der Waals surface area contributed by atoms with Gasteiger partial charge >= 0.3 is 6.01 Å². The first kappa shape index (κ1) is 16.4.